The summed E-state index contributed by atoms with van der Waals surface area (Å²) in [5.74, 6) is -4.21. The molecule has 0 radical (unpaired) electrons. The Bertz CT molecular complexity index is 553. The van der Waals surface area contributed by atoms with Crippen molar-refractivity contribution in [2.45, 2.75) is 29.3 Å². The van der Waals surface area contributed by atoms with Crippen LogP contribution in [0.3, 0.4) is 0 Å². The molecule has 3 atom stereocenters. The first-order valence-electron chi connectivity index (χ1n) is 5.15. The molecule has 0 spiro atoms. The number of aromatic nitrogens is 2. The molecule has 1 saturated heterocycles. The normalized spacial score (nSPS) is 29.6. The number of alkyl halides is 3. The Morgan fingerprint density at radius 2 is 2.26 bits per heavy atom. The number of nitrogen functional groups attached to an aromatic ring is 1. The van der Waals surface area contributed by atoms with Crippen LogP contribution >= 0.6 is 12.6 Å². The second-order valence-corrected chi connectivity index (χ2v) is 4.47. The average Bonchev–Trinajstić information content (AvgIpc) is 2.56. The zero-order valence-corrected chi connectivity index (χ0v) is 10.2. The van der Waals surface area contributed by atoms with Crippen LogP contribution in [0.2, 0.25) is 0 Å². The van der Waals surface area contributed by atoms with Gasteiger partial charge in [-0.2, -0.15) is 13.8 Å². The smallest absolute Gasteiger partial charge is 0.351 e. The zero-order chi connectivity index (χ0) is 14.4. The maximum absolute atomic E-state index is 13.7. The third-order valence-corrected chi connectivity index (χ3v) is 3.06. The van der Waals surface area contributed by atoms with Gasteiger partial charge in [0.1, 0.15) is 11.9 Å². The summed E-state index contributed by atoms with van der Waals surface area (Å²) in [7, 11) is 0. The molecule has 2 heterocycles. The molecular formula is C9H10F3N3O3S. The molecule has 3 N–H and O–H groups in total. The number of nitrogens with two attached hydrogens (primary N) is 1. The van der Waals surface area contributed by atoms with E-state index in [-0.39, 0.29) is 10.7 Å². The van der Waals surface area contributed by atoms with Gasteiger partial charge in [-0.05, 0) is 0 Å². The summed E-state index contributed by atoms with van der Waals surface area (Å²) in [6.45, 7) is -0.932. The number of halogens is 3. The first-order valence-corrected chi connectivity index (χ1v) is 5.59. The number of ether oxygens (including phenoxy) is 1. The molecule has 1 aromatic heterocycles. The Balaban J connectivity index is 2.48. The van der Waals surface area contributed by atoms with Gasteiger partial charge in [0.15, 0.2) is 6.17 Å². The molecule has 0 amide bonds. The van der Waals surface area contributed by atoms with Crippen molar-refractivity contribution in [3.63, 3.8) is 0 Å². The summed E-state index contributed by atoms with van der Waals surface area (Å²) in [6.07, 6.45) is -5.76. The number of hydrogen-bond donors (Lipinski definition) is 3. The van der Waals surface area contributed by atoms with Crippen LogP contribution in [-0.4, -0.2) is 39.5 Å². The highest BCUT2D eigenvalue weighted by Crippen LogP contribution is 2.43. The van der Waals surface area contributed by atoms with Crippen molar-refractivity contribution < 1.29 is 23.0 Å². The third kappa shape index (κ3) is 2.19. The highest BCUT2D eigenvalue weighted by atomic mass is 32.1. The fourth-order valence-electron chi connectivity index (χ4n) is 1.74. The molecule has 10 heteroatoms. The monoisotopic (exact) mass is 297 g/mol. The lowest BCUT2D eigenvalue weighted by Gasteiger charge is -2.20. The Morgan fingerprint density at radius 1 is 1.63 bits per heavy atom. The molecule has 19 heavy (non-hydrogen) atoms. The highest BCUT2D eigenvalue weighted by molar-refractivity contribution is 7.80. The second kappa shape index (κ2) is 4.69. The third-order valence-electron chi connectivity index (χ3n) is 2.72. The van der Waals surface area contributed by atoms with Crippen molar-refractivity contribution in [1.82, 2.24) is 9.55 Å². The van der Waals surface area contributed by atoms with Crippen molar-refractivity contribution in [2.24, 2.45) is 0 Å². The van der Waals surface area contributed by atoms with Gasteiger partial charge >= 0.3 is 11.6 Å². The van der Waals surface area contributed by atoms with Crippen LogP contribution < -0.4 is 11.4 Å². The van der Waals surface area contributed by atoms with Crippen molar-refractivity contribution in [1.29, 1.82) is 0 Å². The van der Waals surface area contributed by atoms with E-state index in [9.17, 15) is 18.0 Å². The number of thiol groups is 1. The number of hydrogen-bond acceptors (Lipinski definition) is 6. The lowest BCUT2D eigenvalue weighted by Crippen LogP contribution is -2.39. The molecule has 2 rings (SSSR count). The number of anilines is 1. The van der Waals surface area contributed by atoms with E-state index in [0.29, 0.717) is 4.57 Å². The summed E-state index contributed by atoms with van der Waals surface area (Å²) < 4.78 is 45.8. The quantitative estimate of drug-likeness (QED) is 0.667. The van der Waals surface area contributed by atoms with Crippen molar-refractivity contribution in [2.75, 3.05) is 12.3 Å². The average molecular weight is 297 g/mol. The summed E-state index contributed by atoms with van der Waals surface area (Å²) in [4.78, 5) is 14.8. The van der Waals surface area contributed by atoms with Crippen LogP contribution in [0, 0.1) is 0 Å². The SMILES string of the molecule is Nc1nc(=O)n(C2OC(CO)C(F)C2(F)F)cc1S. The molecule has 1 aromatic rings. The summed E-state index contributed by atoms with van der Waals surface area (Å²) >= 11 is 3.84. The summed E-state index contributed by atoms with van der Waals surface area (Å²) in [5.41, 5.74) is 4.17. The van der Waals surface area contributed by atoms with E-state index in [2.05, 4.69) is 22.3 Å². The molecule has 0 aliphatic carbocycles. The van der Waals surface area contributed by atoms with Crippen molar-refractivity contribution >= 4 is 18.4 Å². The Hall–Kier alpha value is -1.26. The number of aliphatic hydroxyl groups is 1. The largest absolute Gasteiger partial charge is 0.394 e. The van der Waals surface area contributed by atoms with Gasteiger partial charge in [0.2, 0.25) is 6.23 Å². The molecule has 1 aliphatic heterocycles. The van der Waals surface area contributed by atoms with Gasteiger partial charge in [-0.25, -0.2) is 9.18 Å². The predicted molar refractivity (Wildman–Crippen MR) is 61.0 cm³/mol. The van der Waals surface area contributed by atoms with Crippen LogP contribution in [0.15, 0.2) is 15.9 Å². The molecule has 0 saturated carbocycles. The molecule has 0 aromatic carbocycles. The van der Waals surface area contributed by atoms with Crippen LogP contribution in [-0.2, 0) is 4.74 Å². The highest BCUT2D eigenvalue weighted by Gasteiger charge is 2.60. The standard InChI is InChI=1S/C9H10F3N3O3S/c10-5-3(2-16)18-7(9(5,11)12)15-1-4(19)6(13)14-8(15)17/h1,3,5,7,16,19H,2H2,(H2,13,14,17). The fraction of sp³-hybridized carbons (Fsp3) is 0.556. The summed E-state index contributed by atoms with van der Waals surface area (Å²) in [6, 6.07) is 0. The number of aliphatic hydroxyl groups excluding tert-OH is 1. The Kier molecular flexibility index (Phi) is 3.49. The fourth-order valence-corrected chi connectivity index (χ4v) is 1.91. The van der Waals surface area contributed by atoms with E-state index in [0.717, 1.165) is 6.20 Å². The van der Waals surface area contributed by atoms with Crippen LogP contribution in [0.25, 0.3) is 0 Å². The van der Waals surface area contributed by atoms with E-state index in [1.165, 1.54) is 0 Å². The minimum Gasteiger partial charge on any atom is -0.394 e. The molecule has 3 unspecified atom stereocenters. The first kappa shape index (κ1) is 14.2. The van der Waals surface area contributed by atoms with E-state index in [4.69, 9.17) is 10.8 Å². The molecule has 1 aliphatic rings. The van der Waals surface area contributed by atoms with Crippen LogP contribution in [0.4, 0.5) is 19.0 Å². The van der Waals surface area contributed by atoms with Gasteiger partial charge in [-0.1, -0.05) is 0 Å². The van der Waals surface area contributed by atoms with Gasteiger partial charge < -0.3 is 15.6 Å². The molecule has 6 nitrogen and oxygen atoms in total. The second-order valence-electron chi connectivity index (χ2n) is 3.99. The summed E-state index contributed by atoms with van der Waals surface area (Å²) in [5, 5.41) is 8.76. The molecular weight excluding hydrogens is 287 g/mol. The first-order chi connectivity index (χ1) is 8.78. The van der Waals surface area contributed by atoms with Gasteiger partial charge in [0.25, 0.3) is 0 Å². The van der Waals surface area contributed by atoms with Gasteiger partial charge in [0, 0.05) is 6.20 Å². The molecule has 0 bridgehead atoms. The van der Waals surface area contributed by atoms with Gasteiger partial charge in [-0.15, -0.1) is 12.6 Å². The van der Waals surface area contributed by atoms with Crippen LogP contribution in [0.1, 0.15) is 6.23 Å². The lowest BCUT2D eigenvalue weighted by molar-refractivity contribution is -0.130. The predicted octanol–water partition coefficient (Wildman–Crippen LogP) is -0.0227. The van der Waals surface area contributed by atoms with E-state index in [1.807, 2.05) is 0 Å². The minimum absolute atomic E-state index is 0.0261. The van der Waals surface area contributed by atoms with Gasteiger partial charge in [0.05, 0.1) is 11.5 Å². The van der Waals surface area contributed by atoms with E-state index >= 15 is 0 Å². The topological polar surface area (TPSA) is 90.4 Å². The van der Waals surface area contributed by atoms with Crippen LogP contribution in [0.5, 0.6) is 0 Å². The Labute approximate surface area is 110 Å². The maximum Gasteiger partial charge on any atom is 0.351 e. The minimum atomic E-state index is -3.98. The van der Waals surface area contributed by atoms with Crippen molar-refractivity contribution in [3.05, 3.63) is 16.7 Å². The molecule has 1 fully saturated rings. The van der Waals surface area contributed by atoms with Gasteiger partial charge in [-0.3, -0.25) is 4.57 Å². The maximum atomic E-state index is 13.7. The Morgan fingerprint density at radius 3 is 2.79 bits per heavy atom. The number of rotatable bonds is 2. The van der Waals surface area contributed by atoms with Crippen molar-refractivity contribution in [3.8, 4) is 0 Å². The molecule has 106 valence electrons. The van der Waals surface area contributed by atoms with E-state index < -0.39 is 36.7 Å². The number of nitrogens with zero attached hydrogens (tertiary/aromatic N) is 2. The van der Waals surface area contributed by atoms with E-state index in [1.54, 1.807) is 0 Å². The lowest BCUT2D eigenvalue weighted by atomic mass is 10.1. The zero-order valence-electron chi connectivity index (χ0n) is 9.33.